The smallest absolute Gasteiger partial charge is 0.413 e. The molecule has 0 radical (unpaired) electrons. The van der Waals surface area contributed by atoms with Crippen LogP contribution in [0.5, 0.6) is 0 Å². The van der Waals surface area contributed by atoms with Crippen LogP contribution in [0.15, 0.2) is 12.7 Å². The molecule has 4 N–H and O–H groups in total. The van der Waals surface area contributed by atoms with E-state index >= 15 is 0 Å². The predicted molar refractivity (Wildman–Crippen MR) is 207 cm³/mol. The van der Waals surface area contributed by atoms with Crippen LogP contribution >= 0.6 is 0 Å². The van der Waals surface area contributed by atoms with Gasteiger partial charge in [-0.2, -0.15) is 0 Å². The van der Waals surface area contributed by atoms with E-state index in [0.29, 0.717) is 30.6 Å². The zero-order valence-electron chi connectivity index (χ0n) is 35.3. The second-order valence-corrected chi connectivity index (χ2v) is 17.8. The number of carboxylic acid groups (broad SMARTS) is 1. The second-order valence-electron chi connectivity index (χ2n) is 17.8. The molecule has 0 aliphatic carbocycles. The minimum absolute atomic E-state index is 0.0378. The van der Waals surface area contributed by atoms with Crippen LogP contribution in [-0.2, 0) is 33.2 Å². The summed E-state index contributed by atoms with van der Waals surface area (Å²) in [5.41, 5.74) is -1.54. The van der Waals surface area contributed by atoms with Gasteiger partial charge in [-0.25, -0.2) is 34.1 Å². The van der Waals surface area contributed by atoms with Crippen molar-refractivity contribution in [3.8, 4) is 0 Å². The molecule has 57 heavy (non-hydrogen) atoms. The average molecular weight is 807 g/mol. The van der Waals surface area contributed by atoms with E-state index in [9.17, 15) is 24.3 Å². The number of carbonyl (C=O) groups is 4. The quantitative estimate of drug-likeness (QED) is 0.167. The van der Waals surface area contributed by atoms with Gasteiger partial charge in [-0.1, -0.05) is 13.3 Å². The minimum atomic E-state index is -1.25. The van der Waals surface area contributed by atoms with E-state index in [0.717, 1.165) is 6.42 Å². The number of nitrogens with one attached hydrogen (secondary N) is 3. The van der Waals surface area contributed by atoms with Gasteiger partial charge in [0.25, 0.3) is 0 Å². The highest BCUT2D eigenvalue weighted by Crippen LogP contribution is 2.44. The number of amides is 3. The van der Waals surface area contributed by atoms with E-state index in [1.807, 2.05) is 25.7 Å². The van der Waals surface area contributed by atoms with Gasteiger partial charge in [0, 0.05) is 25.7 Å². The molecule has 19 heteroatoms. The van der Waals surface area contributed by atoms with Gasteiger partial charge in [0.2, 0.25) is 0 Å². The molecular formula is C38H62N8O11. The first-order chi connectivity index (χ1) is 26.3. The number of anilines is 1. The van der Waals surface area contributed by atoms with Gasteiger partial charge < -0.3 is 49.1 Å². The Morgan fingerprint density at radius 2 is 1.42 bits per heavy atom. The number of alkyl carbamates (subject to hydrolysis) is 2. The Morgan fingerprint density at radius 3 is 2.02 bits per heavy atom. The third-order valence-electron chi connectivity index (χ3n) is 8.69. The molecule has 0 saturated carbocycles. The molecule has 2 aromatic rings. The molecule has 0 aromatic carbocycles. The number of ether oxygens (including phenoxy) is 6. The maximum atomic E-state index is 12.8. The lowest BCUT2D eigenvalue weighted by molar-refractivity contribution is -0.198. The number of carbonyl (C=O) groups excluding carboxylic acids is 3. The number of hydrogen-bond acceptors (Lipinski definition) is 14. The van der Waals surface area contributed by atoms with Crippen LogP contribution in [-0.4, -0.2) is 126 Å². The first-order valence-electron chi connectivity index (χ1n) is 19.5. The number of hydrogen-bond donors (Lipinski definition) is 4. The number of fused-ring (bicyclic) bond motifs is 2. The summed E-state index contributed by atoms with van der Waals surface area (Å²) in [6.45, 7) is 22.3. The van der Waals surface area contributed by atoms with E-state index < -0.39 is 77.4 Å². The third kappa shape index (κ3) is 13.6. The number of imidazole rings is 1. The fourth-order valence-electron chi connectivity index (χ4n) is 6.58. The molecule has 4 heterocycles. The first kappa shape index (κ1) is 45.4. The number of nitrogens with zero attached hydrogens (tertiary/aromatic N) is 5. The Labute approximate surface area is 334 Å². The van der Waals surface area contributed by atoms with Crippen LogP contribution in [0.2, 0.25) is 0 Å². The maximum absolute atomic E-state index is 12.8. The van der Waals surface area contributed by atoms with Crippen molar-refractivity contribution in [2.75, 3.05) is 25.0 Å². The average Bonchev–Trinajstić information content (AvgIpc) is 3.70. The van der Waals surface area contributed by atoms with Gasteiger partial charge in [0.15, 0.2) is 29.0 Å². The fourth-order valence-corrected chi connectivity index (χ4v) is 6.58. The molecule has 2 unspecified atom stereocenters. The summed E-state index contributed by atoms with van der Waals surface area (Å²) >= 11 is 0. The molecule has 2 aliphatic heterocycles. The van der Waals surface area contributed by atoms with Crippen molar-refractivity contribution in [1.29, 1.82) is 0 Å². The summed E-state index contributed by atoms with van der Waals surface area (Å²) in [6, 6.07) is -1.48. The fraction of sp³-hybridized carbons (Fsp3) is 0.763. The highest BCUT2D eigenvalue weighted by Gasteiger charge is 2.56. The lowest BCUT2D eigenvalue weighted by Crippen LogP contribution is -2.47. The summed E-state index contributed by atoms with van der Waals surface area (Å²) in [4.78, 5) is 65.5. The monoisotopic (exact) mass is 806 g/mol. The largest absolute Gasteiger partial charge is 0.480 e. The summed E-state index contributed by atoms with van der Waals surface area (Å²) in [5, 5.41) is 18.2. The molecule has 2 fully saturated rings. The summed E-state index contributed by atoms with van der Waals surface area (Å²) in [6.07, 6.45) is 0.286. The van der Waals surface area contributed by atoms with Crippen LogP contribution in [0.1, 0.15) is 115 Å². The second kappa shape index (κ2) is 18.1. The molecule has 320 valence electrons. The molecule has 2 aliphatic rings. The number of aromatic nitrogens is 4. The molecule has 0 bridgehead atoms. The molecule has 6 atom stereocenters. The minimum Gasteiger partial charge on any atom is -0.480 e. The molecule has 3 amide bonds. The molecule has 19 nitrogen and oxygen atoms in total. The topological polar surface area (TPSA) is 227 Å². The van der Waals surface area contributed by atoms with Gasteiger partial charge >= 0.3 is 24.2 Å². The molecule has 2 saturated heterocycles. The summed E-state index contributed by atoms with van der Waals surface area (Å²) in [5.74, 6) is -2.02. The molecule has 0 spiro atoms. The molecule has 4 rings (SSSR count). The lowest BCUT2D eigenvalue weighted by atomic mass is 10.1. The third-order valence-corrected chi connectivity index (χ3v) is 8.69. The van der Waals surface area contributed by atoms with Crippen molar-refractivity contribution in [3.63, 3.8) is 0 Å². The summed E-state index contributed by atoms with van der Waals surface area (Å²) in [7, 11) is 0. The number of rotatable bonds is 15. The van der Waals surface area contributed by atoms with Crippen LogP contribution in [0.25, 0.3) is 11.2 Å². The number of aliphatic carboxylic acids is 1. The Kier molecular flexibility index (Phi) is 14.4. The summed E-state index contributed by atoms with van der Waals surface area (Å²) < 4.78 is 37.5. The zero-order valence-corrected chi connectivity index (χ0v) is 35.3. The standard InChI is InChI=1S/C38H62N8O11/c1-13-14-22(42-32(49)55-35(2,3)4)15-17-45(18-16-23(31(47)48)43-33(50)56-36(5,6)7)19-24-26-27(54-38(11,12)53-26)30(52-24)46-21-41-25-28(39-20-40-29(25)46)44-34(51)57-37(8,9)10/h20-24,26-27,30H,13-19H2,1-12H3,(H,42,49)(H,43,50)(H,47,48)(H,39,40,44,51)/t22?,23?,24-,26-,27-,30-/m1/s1. The van der Waals surface area contributed by atoms with Crippen molar-refractivity contribution in [2.45, 2.75) is 168 Å². The van der Waals surface area contributed by atoms with Gasteiger partial charge in [-0.05, 0) is 95.4 Å². The highest BCUT2D eigenvalue weighted by atomic mass is 16.8. The molecular weight excluding hydrogens is 744 g/mol. The van der Waals surface area contributed by atoms with E-state index in [1.165, 1.54) is 12.7 Å². The van der Waals surface area contributed by atoms with Crippen LogP contribution in [0.4, 0.5) is 20.2 Å². The van der Waals surface area contributed by atoms with Crippen LogP contribution < -0.4 is 16.0 Å². The Hall–Kier alpha value is -4.33. The number of carboxylic acids is 1. The highest BCUT2D eigenvalue weighted by molar-refractivity contribution is 5.93. The van der Waals surface area contributed by atoms with Crippen molar-refractivity contribution >= 4 is 41.2 Å². The zero-order chi connectivity index (χ0) is 42.5. The van der Waals surface area contributed by atoms with Gasteiger partial charge in [0.05, 0.1) is 6.33 Å². The van der Waals surface area contributed by atoms with Crippen molar-refractivity contribution in [1.82, 2.24) is 35.1 Å². The lowest BCUT2D eigenvalue weighted by Gasteiger charge is -2.31. The maximum Gasteiger partial charge on any atom is 0.413 e. The van der Waals surface area contributed by atoms with Crippen LogP contribution in [0.3, 0.4) is 0 Å². The predicted octanol–water partition coefficient (Wildman–Crippen LogP) is 5.34. The van der Waals surface area contributed by atoms with Crippen LogP contribution in [0, 0.1) is 0 Å². The Bertz CT molecular complexity index is 1710. The Balaban J connectivity index is 1.60. The molecule has 2 aromatic heterocycles. The normalized spacial score (nSPS) is 21.8. The van der Waals surface area contributed by atoms with Crippen molar-refractivity contribution in [3.05, 3.63) is 12.7 Å². The van der Waals surface area contributed by atoms with Gasteiger partial charge in [-0.3, -0.25) is 9.88 Å². The first-order valence-corrected chi connectivity index (χ1v) is 19.5. The van der Waals surface area contributed by atoms with Crippen molar-refractivity contribution < 1.29 is 52.7 Å². The van der Waals surface area contributed by atoms with Gasteiger partial charge in [0.1, 0.15) is 47.5 Å². The van der Waals surface area contributed by atoms with Gasteiger partial charge in [-0.15, -0.1) is 0 Å². The van der Waals surface area contributed by atoms with E-state index in [-0.39, 0.29) is 31.4 Å². The SMILES string of the molecule is CCCC(CCN(CCC(NC(=O)OC(C)(C)C)C(=O)O)C[C@H]1O[C@@H](n2cnc3c(NC(=O)OC(C)(C)C)ncnc32)[C@@H]2OC(C)(C)O[C@@H]21)NC(=O)OC(C)(C)C. The van der Waals surface area contributed by atoms with Crippen molar-refractivity contribution in [2.24, 2.45) is 0 Å². The van der Waals surface area contributed by atoms with E-state index in [1.54, 1.807) is 66.9 Å². The van der Waals surface area contributed by atoms with E-state index in [2.05, 4.69) is 30.9 Å². The Morgan fingerprint density at radius 1 is 0.842 bits per heavy atom. The van der Waals surface area contributed by atoms with E-state index in [4.69, 9.17) is 28.4 Å².